The van der Waals surface area contributed by atoms with Crippen molar-refractivity contribution in [1.29, 1.82) is 0 Å². The van der Waals surface area contributed by atoms with Crippen molar-refractivity contribution in [1.82, 2.24) is 10.2 Å². The van der Waals surface area contributed by atoms with Gasteiger partial charge < -0.3 is 25.2 Å². The fourth-order valence-corrected chi connectivity index (χ4v) is 5.44. The van der Waals surface area contributed by atoms with E-state index in [4.69, 9.17) is 27.9 Å². The molecule has 13 heteroatoms. The number of aliphatic hydroxyl groups excluding tert-OH is 2. The average Bonchev–Trinajstić information content (AvgIpc) is 2.98. The number of ether oxygens (including phenoxy) is 1. The quantitative estimate of drug-likeness (QED) is 0.238. The molecule has 0 saturated carbocycles. The number of rotatable bonds is 9. The summed E-state index contributed by atoms with van der Waals surface area (Å²) in [6.07, 6.45) is -5.68. The van der Waals surface area contributed by atoms with Crippen LogP contribution in [0.4, 0.5) is 13.2 Å². The first kappa shape index (κ1) is 33.1. The van der Waals surface area contributed by atoms with Gasteiger partial charge in [0.05, 0.1) is 31.8 Å². The molecular weight excluding hydrogens is 723 g/mol. The highest BCUT2D eigenvalue weighted by Gasteiger charge is 2.41. The molecule has 3 atom stereocenters. The van der Waals surface area contributed by atoms with E-state index in [2.05, 4.69) is 27.9 Å². The molecule has 0 heterocycles. The molecule has 4 rings (SSSR count). The molecule has 3 aromatic carbocycles. The molecule has 3 aromatic rings. The van der Waals surface area contributed by atoms with Crippen molar-refractivity contribution < 1.29 is 37.7 Å². The summed E-state index contributed by atoms with van der Waals surface area (Å²) in [5, 5.41) is 23.9. The predicted molar refractivity (Wildman–Crippen MR) is 164 cm³/mol. The number of hydrogen-bond donors (Lipinski definition) is 3. The first-order valence-corrected chi connectivity index (χ1v) is 14.8. The second-order valence-corrected chi connectivity index (χ2v) is 11.7. The van der Waals surface area contributed by atoms with Gasteiger partial charge in [-0.25, -0.2) is 0 Å². The number of alkyl halides is 3. The SMILES string of the molecule is O=C(NCCO)C1=CC(Oc2ccccc2I)C(O)C(N(Cc2ccc(Cl)c(Cl)c2)C(=O)c2ccc(C(F)(F)F)cc2)C1. The normalized spacial score (nSPS) is 18.5. The van der Waals surface area contributed by atoms with Crippen LogP contribution in [0.25, 0.3) is 0 Å². The Morgan fingerprint density at radius 2 is 1.74 bits per heavy atom. The van der Waals surface area contributed by atoms with E-state index in [1.807, 2.05) is 0 Å². The van der Waals surface area contributed by atoms with Crippen LogP contribution in [0.2, 0.25) is 10.0 Å². The van der Waals surface area contributed by atoms with E-state index in [1.165, 1.54) is 23.1 Å². The van der Waals surface area contributed by atoms with Gasteiger partial charge in [0, 0.05) is 30.6 Å². The van der Waals surface area contributed by atoms with E-state index in [0.717, 1.165) is 27.8 Å². The lowest BCUT2D eigenvalue weighted by Gasteiger charge is -2.40. The first-order valence-electron chi connectivity index (χ1n) is 13.0. The fraction of sp³-hybridized carbons (Fsp3) is 0.267. The molecule has 3 N–H and O–H groups in total. The molecule has 0 aromatic heterocycles. The number of amides is 2. The van der Waals surface area contributed by atoms with Gasteiger partial charge in [-0.3, -0.25) is 9.59 Å². The van der Waals surface area contributed by atoms with Crippen LogP contribution in [0.15, 0.2) is 78.4 Å². The van der Waals surface area contributed by atoms with Gasteiger partial charge in [0.1, 0.15) is 18.0 Å². The summed E-state index contributed by atoms with van der Waals surface area (Å²) in [4.78, 5) is 28.3. The van der Waals surface area contributed by atoms with Crippen LogP contribution in [0.3, 0.4) is 0 Å². The summed E-state index contributed by atoms with van der Waals surface area (Å²) in [7, 11) is 0. The lowest BCUT2D eigenvalue weighted by Crippen LogP contribution is -2.54. The highest BCUT2D eigenvalue weighted by atomic mass is 127. The van der Waals surface area contributed by atoms with Gasteiger partial charge in [-0.05, 0) is 82.8 Å². The molecule has 0 fully saturated rings. The maximum Gasteiger partial charge on any atom is 0.416 e. The van der Waals surface area contributed by atoms with Crippen LogP contribution in [0, 0.1) is 3.57 Å². The van der Waals surface area contributed by atoms with Crippen molar-refractivity contribution in [2.24, 2.45) is 0 Å². The Kier molecular flexibility index (Phi) is 11.0. The Morgan fingerprint density at radius 3 is 2.37 bits per heavy atom. The number of hydrogen-bond acceptors (Lipinski definition) is 5. The topological polar surface area (TPSA) is 99.1 Å². The standard InChI is InChI=1S/C30H26Cl2F3IN2O5/c31-21-10-5-17(13-22(21)32)16-38(29(42)18-6-8-20(9-7-18)30(33,34)35)24-14-19(28(41)37-11-12-39)15-26(27(24)40)43-25-4-2-1-3-23(25)36/h1-10,13,15,24,26-27,39-40H,11-12,14,16H2,(H,37,41). The summed E-state index contributed by atoms with van der Waals surface area (Å²) < 4.78 is 46.5. The summed E-state index contributed by atoms with van der Waals surface area (Å²) in [6.45, 7) is -0.453. The molecule has 1 aliphatic carbocycles. The second-order valence-electron chi connectivity index (χ2n) is 9.70. The van der Waals surface area contributed by atoms with Crippen LogP contribution in [0.5, 0.6) is 5.75 Å². The monoisotopic (exact) mass is 748 g/mol. The number of nitrogens with one attached hydrogen (secondary N) is 1. The lowest BCUT2D eigenvalue weighted by molar-refractivity contribution is -0.137. The molecule has 1 aliphatic rings. The third-order valence-electron chi connectivity index (χ3n) is 6.77. The fourth-order valence-electron chi connectivity index (χ4n) is 4.61. The van der Waals surface area contributed by atoms with Gasteiger partial charge >= 0.3 is 6.18 Å². The number of carbonyl (C=O) groups is 2. The smallest absolute Gasteiger partial charge is 0.416 e. The van der Waals surface area contributed by atoms with Gasteiger partial charge in [0.25, 0.3) is 5.91 Å². The van der Waals surface area contributed by atoms with Crippen LogP contribution in [0.1, 0.15) is 27.9 Å². The van der Waals surface area contributed by atoms with Crippen molar-refractivity contribution in [3.05, 3.63) is 109 Å². The number of halogens is 6. The van der Waals surface area contributed by atoms with Crippen LogP contribution >= 0.6 is 45.8 Å². The average molecular weight is 749 g/mol. The number of para-hydroxylation sites is 1. The van der Waals surface area contributed by atoms with Crippen molar-refractivity contribution >= 4 is 57.6 Å². The molecule has 43 heavy (non-hydrogen) atoms. The third kappa shape index (κ3) is 8.21. The van der Waals surface area contributed by atoms with E-state index in [9.17, 15) is 33.0 Å². The zero-order valence-electron chi connectivity index (χ0n) is 22.3. The molecular formula is C30H26Cl2F3IN2O5. The molecule has 0 saturated heterocycles. The molecule has 3 unspecified atom stereocenters. The Bertz CT molecular complexity index is 1500. The molecule has 228 valence electrons. The van der Waals surface area contributed by atoms with E-state index >= 15 is 0 Å². The highest BCUT2D eigenvalue weighted by Crippen LogP contribution is 2.33. The van der Waals surface area contributed by atoms with Gasteiger partial charge in [0.2, 0.25) is 5.91 Å². The Morgan fingerprint density at radius 1 is 1.05 bits per heavy atom. The second kappa shape index (κ2) is 14.3. The summed E-state index contributed by atoms with van der Waals surface area (Å²) in [5.74, 6) is -0.781. The predicted octanol–water partition coefficient (Wildman–Crippen LogP) is 5.87. The molecule has 0 radical (unpaired) electrons. The third-order valence-corrected chi connectivity index (χ3v) is 8.40. The van der Waals surface area contributed by atoms with E-state index in [1.54, 1.807) is 30.3 Å². The minimum atomic E-state index is -4.60. The minimum Gasteiger partial charge on any atom is -0.482 e. The highest BCUT2D eigenvalue weighted by molar-refractivity contribution is 14.1. The van der Waals surface area contributed by atoms with Crippen molar-refractivity contribution in [2.45, 2.75) is 37.4 Å². The molecule has 0 spiro atoms. The number of aliphatic hydroxyl groups is 2. The zero-order chi connectivity index (χ0) is 31.3. The van der Waals surface area contributed by atoms with Crippen LogP contribution in [-0.4, -0.2) is 58.3 Å². The zero-order valence-corrected chi connectivity index (χ0v) is 26.0. The summed E-state index contributed by atoms with van der Waals surface area (Å²) >= 11 is 14.4. The number of benzene rings is 3. The minimum absolute atomic E-state index is 0.0248. The van der Waals surface area contributed by atoms with Crippen molar-refractivity contribution in [3.8, 4) is 5.75 Å². The van der Waals surface area contributed by atoms with Crippen LogP contribution in [-0.2, 0) is 17.5 Å². The van der Waals surface area contributed by atoms with Gasteiger partial charge in [-0.2, -0.15) is 13.2 Å². The maximum atomic E-state index is 14.0. The van der Waals surface area contributed by atoms with Crippen molar-refractivity contribution in [2.75, 3.05) is 13.2 Å². The van der Waals surface area contributed by atoms with Gasteiger partial charge in [-0.15, -0.1) is 0 Å². The van der Waals surface area contributed by atoms with E-state index < -0.39 is 41.8 Å². The largest absolute Gasteiger partial charge is 0.482 e. The van der Waals surface area contributed by atoms with Crippen molar-refractivity contribution in [3.63, 3.8) is 0 Å². The summed E-state index contributed by atoms with van der Waals surface area (Å²) in [5.41, 5.74) is -0.262. The van der Waals surface area contributed by atoms with E-state index in [-0.39, 0.29) is 47.3 Å². The Balaban J connectivity index is 1.76. The molecule has 0 aliphatic heterocycles. The lowest BCUT2D eigenvalue weighted by atomic mass is 9.87. The maximum absolute atomic E-state index is 14.0. The van der Waals surface area contributed by atoms with Gasteiger partial charge in [0.15, 0.2) is 0 Å². The molecule has 7 nitrogen and oxygen atoms in total. The summed E-state index contributed by atoms with van der Waals surface area (Å²) in [6, 6.07) is 14.4. The van der Waals surface area contributed by atoms with Gasteiger partial charge in [-0.1, -0.05) is 41.4 Å². The van der Waals surface area contributed by atoms with Crippen LogP contribution < -0.4 is 10.1 Å². The van der Waals surface area contributed by atoms with E-state index in [0.29, 0.717) is 11.3 Å². The first-order chi connectivity index (χ1) is 20.4. The Labute approximate surface area is 269 Å². The Hall–Kier alpha value is -2.84. The molecule has 0 bridgehead atoms. The number of carbonyl (C=O) groups excluding carboxylic acids is 2. The molecule has 2 amide bonds. The number of nitrogens with zero attached hydrogens (tertiary/aromatic N) is 1.